The number of carbonyl (C=O) groups excluding carboxylic acids is 2. The highest BCUT2D eigenvalue weighted by Gasteiger charge is 2.30. The van der Waals surface area contributed by atoms with E-state index >= 15 is 0 Å². The molecule has 6 nitrogen and oxygen atoms in total. The lowest BCUT2D eigenvalue weighted by Gasteiger charge is -2.34. The van der Waals surface area contributed by atoms with Gasteiger partial charge in [0, 0.05) is 30.7 Å². The number of rotatable bonds is 4. The van der Waals surface area contributed by atoms with Gasteiger partial charge < -0.3 is 20.3 Å². The predicted octanol–water partition coefficient (Wildman–Crippen LogP) is 3.63. The van der Waals surface area contributed by atoms with E-state index in [1.807, 2.05) is 24.3 Å². The number of hydrogen-bond acceptors (Lipinski definition) is 3. The van der Waals surface area contributed by atoms with Crippen LogP contribution in [0.25, 0.3) is 0 Å². The van der Waals surface area contributed by atoms with Gasteiger partial charge in [0.05, 0.1) is 7.11 Å². The van der Waals surface area contributed by atoms with Gasteiger partial charge in [-0.05, 0) is 55.9 Å². The predicted molar refractivity (Wildman–Crippen MR) is 106 cm³/mol. The van der Waals surface area contributed by atoms with E-state index in [0.29, 0.717) is 25.0 Å². The molecule has 3 amide bonds. The van der Waals surface area contributed by atoms with Crippen LogP contribution in [0.1, 0.15) is 45.4 Å². The quantitative estimate of drug-likeness (QED) is 0.847. The van der Waals surface area contributed by atoms with Crippen LogP contribution in [0.2, 0.25) is 0 Å². The van der Waals surface area contributed by atoms with Gasteiger partial charge in [-0.2, -0.15) is 0 Å². The van der Waals surface area contributed by atoms with Gasteiger partial charge in [0.2, 0.25) is 5.91 Å². The maximum atomic E-state index is 12.6. The fourth-order valence-electron chi connectivity index (χ4n) is 4.05. The van der Waals surface area contributed by atoms with E-state index in [0.717, 1.165) is 30.7 Å². The first-order valence-corrected chi connectivity index (χ1v) is 10.1. The zero-order chi connectivity index (χ0) is 19.2. The summed E-state index contributed by atoms with van der Waals surface area (Å²) in [5.74, 6) is 1.51. The Balaban J connectivity index is 1.44. The Kier molecular flexibility index (Phi) is 6.58. The van der Waals surface area contributed by atoms with Crippen molar-refractivity contribution in [2.75, 3.05) is 25.5 Å². The van der Waals surface area contributed by atoms with Crippen molar-refractivity contribution in [3.05, 3.63) is 24.3 Å². The second-order valence-electron chi connectivity index (χ2n) is 7.80. The van der Waals surface area contributed by atoms with Crippen LogP contribution in [-0.4, -0.2) is 43.1 Å². The first-order valence-electron chi connectivity index (χ1n) is 10.1. The maximum absolute atomic E-state index is 12.6. The molecule has 1 aliphatic carbocycles. The average Bonchev–Trinajstić information content (AvgIpc) is 2.70. The molecule has 2 atom stereocenters. The van der Waals surface area contributed by atoms with Crippen molar-refractivity contribution < 1.29 is 14.3 Å². The Labute approximate surface area is 161 Å². The number of methoxy groups -OCH3 is 1. The summed E-state index contributed by atoms with van der Waals surface area (Å²) in [5.41, 5.74) is 0.743. The summed E-state index contributed by atoms with van der Waals surface area (Å²) < 4.78 is 5.12. The Morgan fingerprint density at radius 3 is 2.33 bits per heavy atom. The van der Waals surface area contributed by atoms with E-state index in [2.05, 4.69) is 17.6 Å². The van der Waals surface area contributed by atoms with Gasteiger partial charge in [0.25, 0.3) is 0 Å². The number of urea groups is 1. The molecule has 0 spiro atoms. The van der Waals surface area contributed by atoms with E-state index in [9.17, 15) is 9.59 Å². The first kappa shape index (κ1) is 19.5. The number of likely N-dealkylation sites (tertiary alicyclic amines) is 1. The highest BCUT2D eigenvalue weighted by atomic mass is 16.5. The molecule has 3 rings (SSSR count). The molecule has 1 heterocycles. The fraction of sp³-hybridized carbons (Fsp3) is 0.619. The van der Waals surface area contributed by atoms with Gasteiger partial charge in [0.15, 0.2) is 0 Å². The molecule has 0 radical (unpaired) electrons. The second-order valence-corrected chi connectivity index (χ2v) is 7.80. The van der Waals surface area contributed by atoms with Crippen LogP contribution in [0.3, 0.4) is 0 Å². The van der Waals surface area contributed by atoms with Gasteiger partial charge in [-0.15, -0.1) is 0 Å². The SMILES string of the molecule is COc1ccc(NC(=O)N2CCC(C(=O)N[C@H]3CCCC[C@H]3C)CC2)cc1. The van der Waals surface area contributed by atoms with Crippen LogP contribution in [0.4, 0.5) is 10.5 Å². The maximum Gasteiger partial charge on any atom is 0.321 e. The van der Waals surface area contributed by atoms with Crippen molar-refractivity contribution in [3.63, 3.8) is 0 Å². The molecule has 0 unspecified atom stereocenters. The Bertz CT molecular complexity index is 639. The minimum Gasteiger partial charge on any atom is -0.497 e. The smallest absolute Gasteiger partial charge is 0.321 e. The number of benzene rings is 1. The minimum absolute atomic E-state index is 0.0177. The van der Waals surface area contributed by atoms with E-state index < -0.39 is 0 Å². The molecular weight excluding hydrogens is 342 g/mol. The van der Waals surface area contributed by atoms with Crippen LogP contribution >= 0.6 is 0 Å². The summed E-state index contributed by atoms with van der Waals surface area (Å²) >= 11 is 0. The van der Waals surface area contributed by atoms with Gasteiger partial charge in [-0.1, -0.05) is 19.8 Å². The molecule has 1 aromatic carbocycles. The van der Waals surface area contributed by atoms with Crippen LogP contribution in [0.15, 0.2) is 24.3 Å². The number of piperidine rings is 1. The number of hydrogen-bond donors (Lipinski definition) is 2. The van der Waals surface area contributed by atoms with Gasteiger partial charge in [0.1, 0.15) is 5.75 Å². The number of nitrogens with zero attached hydrogens (tertiary/aromatic N) is 1. The van der Waals surface area contributed by atoms with Gasteiger partial charge in [-0.25, -0.2) is 4.79 Å². The molecule has 2 fully saturated rings. The Hall–Kier alpha value is -2.24. The number of nitrogens with one attached hydrogen (secondary N) is 2. The molecule has 1 saturated carbocycles. The van der Waals surface area contributed by atoms with Crippen molar-refractivity contribution in [2.24, 2.45) is 11.8 Å². The summed E-state index contributed by atoms with van der Waals surface area (Å²) in [5, 5.41) is 6.17. The van der Waals surface area contributed by atoms with Crippen molar-refractivity contribution >= 4 is 17.6 Å². The number of carbonyl (C=O) groups is 2. The molecule has 1 aliphatic heterocycles. The average molecular weight is 373 g/mol. The third-order valence-electron chi connectivity index (χ3n) is 5.93. The van der Waals surface area contributed by atoms with Crippen LogP contribution in [0, 0.1) is 11.8 Å². The third-order valence-corrected chi connectivity index (χ3v) is 5.93. The largest absolute Gasteiger partial charge is 0.497 e. The Morgan fingerprint density at radius 2 is 1.70 bits per heavy atom. The van der Waals surface area contributed by atoms with E-state index in [4.69, 9.17) is 4.74 Å². The van der Waals surface area contributed by atoms with Crippen LogP contribution in [0.5, 0.6) is 5.75 Å². The van der Waals surface area contributed by atoms with Gasteiger partial charge >= 0.3 is 6.03 Å². The number of amides is 3. The number of anilines is 1. The molecule has 2 N–H and O–H groups in total. The summed E-state index contributed by atoms with van der Waals surface area (Å²) in [6.07, 6.45) is 6.23. The summed E-state index contributed by atoms with van der Waals surface area (Å²) in [7, 11) is 1.61. The summed E-state index contributed by atoms with van der Waals surface area (Å²) in [6.45, 7) is 3.46. The van der Waals surface area contributed by atoms with E-state index in [1.165, 1.54) is 19.3 Å². The van der Waals surface area contributed by atoms with E-state index in [-0.39, 0.29) is 17.9 Å². The monoisotopic (exact) mass is 373 g/mol. The highest BCUT2D eigenvalue weighted by Crippen LogP contribution is 2.25. The zero-order valence-electron chi connectivity index (χ0n) is 16.4. The van der Waals surface area contributed by atoms with Crippen molar-refractivity contribution in [1.82, 2.24) is 10.2 Å². The lowest BCUT2D eigenvalue weighted by Crippen LogP contribution is -2.48. The molecular formula is C21H31N3O3. The molecule has 0 aromatic heterocycles. The minimum atomic E-state index is -0.111. The first-order chi connectivity index (χ1) is 13.1. The number of ether oxygens (including phenoxy) is 1. The second kappa shape index (κ2) is 9.11. The Morgan fingerprint density at radius 1 is 1.04 bits per heavy atom. The van der Waals surface area contributed by atoms with Crippen LogP contribution in [-0.2, 0) is 4.79 Å². The molecule has 27 heavy (non-hydrogen) atoms. The highest BCUT2D eigenvalue weighted by molar-refractivity contribution is 5.89. The summed E-state index contributed by atoms with van der Waals surface area (Å²) in [4.78, 5) is 26.8. The zero-order valence-corrected chi connectivity index (χ0v) is 16.4. The third kappa shape index (κ3) is 5.15. The standard InChI is InChI=1S/C21H31N3O3/c1-15-5-3-4-6-19(15)23-20(25)16-11-13-24(14-12-16)21(26)22-17-7-9-18(27-2)10-8-17/h7-10,15-16,19H,3-6,11-14H2,1-2H3,(H,22,26)(H,23,25)/t15-,19+/m1/s1. The van der Waals surface area contributed by atoms with Crippen LogP contribution < -0.4 is 15.4 Å². The molecule has 0 bridgehead atoms. The van der Waals surface area contributed by atoms with Gasteiger partial charge in [-0.3, -0.25) is 4.79 Å². The molecule has 1 saturated heterocycles. The topological polar surface area (TPSA) is 70.7 Å². The lowest BCUT2D eigenvalue weighted by molar-refractivity contribution is -0.127. The van der Waals surface area contributed by atoms with E-state index in [1.54, 1.807) is 12.0 Å². The lowest BCUT2D eigenvalue weighted by atomic mass is 9.85. The fourth-order valence-corrected chi connectivity index (χ4v) is 4.05. The van der Waals surface area contributed by atoms with Crippen molar-refractivity contribution in [1.29, 1.82) is 0 Å². The summed E-state index contributed by atoms with van der Waals surface area (Å²) in [6, 6.07) is 7.49. The molecule has 6 heteroatoms. The van der Waals surface area contributed by atoms with Crippen molar-refractivity contribution in [3.8, 4) is 5.75 Å². The normalized spacial score (nSPS) is 23.6. The molecule has 148 valence electrons. The molecule has 1 aromatic rings. The van der Waals surface area contributed by atoms with Crippen molar-refractivity contribution in [2.45, 2.75) is 51.5 Å². The molecule has 2 aliphatic rings.